The van der Waals surface area contributed by atoms with E-state index < -0.39 is 23.2 Å². The summed E-state index contributed by atoms with van der Waals surface area (Å²) in [6, 6.07) is 3.58. The van der Waals surface area contributed by atoms with Crippen LogP contribution in [-0.4, -0.2) is 10.9 Å². The average Bonchev–Trinajstić information content (AvgIpc) is 2.43. The van der Waals surface area contributed by atoms with E-state index >= 15 is 0 Å². The van der Waals surface area contributed by atoms with Gasteiger partial charge in [-0.05, 0) is 36.2 Å². The van der Waals surface area contributed by atoms with E-state index in [1.807, 2.05) is 6.92 Å². The summed E-state index contributed by atoms with van der Waals surface area (Å²) in [6.07, 6.45) is 3.28. The molecule has 6 heteroatoms. The molecule has 0 fully saturated rings. The Kier molecular flexibility index (Phi) is 3.93. The van der Waals surface area contributed by atoms with Crippen LogP contribution in [0.2, 0.25) is 0 Å². The number of benzene rings is 1. The second kappa shape index (κ2) is 5.64. The fourth-order valence-electron chi connectivity index (χ4n) is 1.69. The Labute approximate surface area is 114 Å². The lowest BCUT2D eigenvalue weighted by Gasteiger charge is -2.08. The van der Waals surface area contributed by atoms with Crippen molar-refractivity contribution in [2.75, 3.05) is 5.73 Å². The Balaban J connectivity index is 2.11. The van der Waals surface area contributed by atoms with Gasteiger partial charge in [0.05, 0.1) is 0 Å². The maximum absolute atomic E-state index is 13.3. The van der Waals surface area contributed by atoms with Gasteiger partial charge in [-0.1, -0.05) is 0 Å². The zero-order valence-electron chi connectivity index (χ0n) is 10.8. The van der Waals surface area contributed by atoms with Gasteiger partial charge in [0.1, 0.15) is 17.3 Å². The molecule has 0 radical (unpaired) electrons. The molecule has 0 saturated heterocycles. The lowest BCUT2D eigenvalue weighted by atomic mass is 10.1. The molecule has 1 heterocycles. The molecule has 0 aliphatic carbocycles. The number of nitrogen functional groups attached to an aromatic ring is 1. The molecule has 104 valence electrons. The number of hydrogen-bond acceptors (Lipinski definition) is 3. The number of carbonyl (C=O) groups is 1. The largest absolute Gasteiger partial charge is 0.394 e. The zero-order valence-corrected chi connectivity index (χ0v) is 10.8. The fourth-order valence-corrected chi connectivity index (χ4v) is 1.69. The Bertz CT molecular complexity index is 636. The quantitative estimate of drug-likeness (QED) is 0.845. The summed E-state index contributed by atoms with van der Waals surface area (Å²) >= 11 is 0. The molecule has 0 spiro atoms. The van der Waals surface area contributed by atoms with Crippen molar-refractivity contribution in [3.8, 4) is 0 Å². The summed E-state index contributed by atoms with van der Waals surface area (Å²) in [4.78, 5) is 15.8. The van der Waals surface area contributed by atoms with Gasteiger partial charge in [0.2, 0.25) is 0 Å². The Morgan fingerprint density at radius 2 is 2.00 bits per heavy atom. The summed E-state index contributed by atoms with van der Waals surface area (Å²) in [5.74, 6) is -2.47. The average molecular weight is 277 g/mol. The topological polar surface area (TPSA) is 68.0 Å². The molecule has 1 amide bonds. The standard InChI is InChI=1S/C14H13F2N3O/c1-8-6-18-3-2-9(8)7-19-14(20)10-4-11(15)13(17)12(16)5-10/h2-6H,7,17H2,1H3,(H,19,20). The summed E-state index contributed by atoms with van der Waals surface area (Å²) < 4.78 is 26.5. The minimum Gasteiger partial charge on any atom is -0.394 e. The van der Waals surface area contributed by atoms with E-state index in [1.54, 1.807) is 18.5 Å². The molecule has 4 nitrogen and oxygen atoms in total. The molecule has 20 heavy (non-hydrogen) atoms. The van der Waals surface area contributed by atoms with Crippen molar-refractivity contribution >= 4 is 11.6 Å². The first kappa shape index (κ1) is 13.9. The van der Waals surface area contributed by atoms with Gasteiger partial charge in [-0.25, -0.2) is 8.78 Å². The van der Waals surface area contributed by atoms with E-state index in [1.165, 1.54) is 0 Å². The summed E-state index contributed by atoms with van der Waals surface area (Å²) in [5, 5.41) is 2.59. The van der Waals surface area contributed by atoms with E-state index in [-0.39, 0.29) is 12.1 Å². The van der Waals surface area contributed by atoms with Gasteiger partial charge in [0.25, 0.3) is 5.91 Å². The van der Waals surface area contributed by atoms with E-state index in [0.29, 0.717) is 0 Å². The number of pyridine rings is 1. The molecule has 0 aliphatic rings. The van der Waals surface area contributed by atoms with Crippen molar-refractivity contribution in [3.63, 3.8) is 0 Å². The highest BCUT2D eigenvalue weighted by atomic mass is 19.1. The number of aryl methyl sites for hydroxylation is 1. The van der Waals surface area contributed by atoms with Crippen LogP contribution in [0, 0.1) is 18.6 Å². The lowest BCUT2D eigenvalue weighted by molar-refractivity contribution is 0.0950. The third-order valence-corrected chi connectivity index (χ3v) is 2.92. The van der Waals surface area contributed by atoms with Gasteiger partial charge >= 0.3 is 0 Å². The van der Waals surface area contributed by atoms with Crippen molar-refractivity contribution in [1.82, 2.24) is 10.3 Å². The van der Waals surface area contributed by atoms with Crippen LogP contribution < -0.4 is 11.1 Å². The van der Waals surface area contributed by atoms with Crippen molar-refractivity contribution in [2.24, 2.45) is 0 Å². The number of halogens is 2. The molecule has 2 rings (SSSR count). The second-order valence-electron chi connectivity index (χ2n) is 4.34. The molecule has 1 aromatic heterocycles. The molecule has 0 atom stereocenters. The van der Waals surface area contributed by atoms with Crippen LogP contribution in [0.4, 0.5) is 14.5 Å². The summed E-state index contributed by atoms with van der Waals surface area (Å²) in [7, 11) is 0. The van der Waals surface area contributed by atoms with Crippen LogP contribution in [0.3, 0.4) is 0 Å². The highest BCUT2D eigenvalue weighted by Gasteiger charge is 2.13. The van der Waals surface area contributed by atoms with Crippen LogP contribution in [0.15, 0.2) is 30.6 Å². The van der Waals surface area contributed by atoms with Crippen LogP contribution in [0.5, 0.6) is 0 Å². The number of nitrogens with zero attached hydrogens (tertiary/aromatic N) is 1. The second-order valence-corrected chi connectivity index (χ2v) is 4.34. The summed E-state index contributed by atoms with van der Waals surface area (Å²) in [5.41, 5.74) is 6.24. The molecule has 2 aromatic rings. The first-order valence-corrected chi connectivity index (χ1v) is 5.91. The number of amides is 1. The number of rotatable bonds is 3. The normalized spacial score (nSPS) is 10.3. The van der Waals surface area contributed by atoms with Crippen molar-refractivity contribution in [1.29, 1.82) is 0 Å². The van der Waals surface area contributed by atoms with Gasteiger partial charge in [-0.15, -0.1) is 0 Å². The van der Waals surface area contributed by atoms with Crippen LogP contribution in [0.25, 0.3) is 0 Å². The number of carbonyl (C=O) groups excluding carboxylic acids is 1. The molecule has 3 N–H and O–H groups in total. The van der Waals surface area contributed by atoms with E-state index in [2.05, 4.69) is 10.3 Å². The van der Waals surface area contributed by atoms with Gasteiger partial charge < -0.3 is 11.1 Å². The number of nitrogens with one attached hydrogen (secondary N) is 1. The van der Waals surface area contributed by atoms with Crippen molar-refractivity contribution in [3.05, 3.63) is 58.9 Å². The maximum atomic E-state index is 13.3. The number of hydrogen-bond donors (Lipinski definition) is 2. The highest BCUT2D eigenvalue weighted by Crippen LogP contribution is 2.17. The molecule has 0 bridgehead atoms. The van der Waals surface area contributed by atoms with Gasteiger partial charge in [-0.3, -0.25) is 9.78 Å². The minimum atomic E-state index is -0.949. The monoisotopic (exact) mass is 277 g/mol. The number of aromatic nitrogens is 1. The number of anilines is 1. The Morgan fingerprint density at radius 1 is 1.35 bits per heavy atom. The smallest absolute Gasteiger partial charge is 0.251 e. The third-order valence-electron chi connectivity index (χ3n) is 2.92. The predicted octanol–water partition coefficient (Wildman–Crippen LogP) is 2.18. The van der Waals surface area contributed by atoms with Gasteiger partial charge in [0.15, 0.2) is 0 Å². The molecule has 0 saturated carbocycles. The molecule has 1 aromatic carbocycles. The molecular weight excluding hydrogens is 264 g/mol. The van der Waals surface area contributed by atoms with E-state index in [0.717, 1.165) is 23.3 Å². The van der Waals surface area contributed by atoms with E-state index in [4.69, 9.17) is 5.73 Å². The predicted molar refractivity (Wildman–Crippen MR) is 70.9 cm³/mol. The Hall–Kier alpha value is -2.50. The molecule has 0 unspecified atom stereocenters. The first-order chi connectivity index (χ1) is 9.49. The molecule has 0 aliphatic heterocycles. The number of nitrogens with two attached hydrogens (primary N) is 1. The molecular formula is C14H13F2N3O. The van der Waals surface area contributed by atoms with Crippen LogP contribution >= 0.6 is 0 Å². The third kappa shape index (κ3) is 2.90. The lowest BCUT2D eigenvalue weighted by Crippen LogP contribution is -2.23. The summed E-state index contributed by atoms with van der Waals surface area (Å²) in [6.45, 7) is 2.11. The fraction of sp³-hybridized carbons (Fsp3) is 0.143. The van der Waals surface area contributed by atoms with Gasteiger partial charge in [0, 0.05) is 24.5 Å². The van der Waals surface area contributed by atoms with Gasteiger partial charge in [-0.2, -0.15) is 0 Å². The van der Waals surface area contributed by atoms with Crippen molar-refractivity contribution in [2.45, 2.75) is 13.5 Å². The SMILES string of the molecule is Cc1cnccc1CNC(=O)c1cc(F)c(N)c(F)c1. The minimum absolute atomic E-state index is 0.110. The zero-order chi connectivity index (χ0) is 14.7. The van der Waals surface area contributed by atoms with Crippen LogP contribution in [0.1, 0.15) is 21.5 Å². The van der Waals surface area contributed by atoms with Crippen LogP contribution in [-0.2, 0) is 6.54 Å². The first-order valence-electron chi connectivity index (χ1n) is 5.91. The maximum Gasteiger partial charge on any atom is 0.251 e. The van der Waals surface area contributed by atoms with Crippen molar-refractivity contribution < 1.29 is 13.6 Å². The Morgan fingerprint density at radius 3 is 2.60 bits per heavy atom. The van der Waals surface area contributed by atoms with E-state index in [9.17, 15) is 13.6 Å². The highest BCUT2D eigenvalue weighted by molar-refractivity contribution is 5.94.